The van der Waals surface area contributed by atoms with Crippen molar-refractivity contribution in [1.29, 1.82) is 0 Å². The highest BCUT2D eigenvalue weighted by Gasteiger charge is 2.11. The predicted molar refractivity (Wildman–Crippen MR) is 86.2 cm³/mol. The highest BCUT2D eigenvalue weighted by Crippen LogP contribution is 2.27. The van der Waals surface area contributed by atoms with Crippen molar-refractivity contribution >= 4 is 10.8 Å². The van der Waals surface area contributed by atoms with Crippen molar-refractivity contribution in [1.82, 2.24) is 4.98 Å². The van der Waals surface area contributed by atoms with Gasteiger partial charge in [-0.05, 0) is 47.9 Å². The van der Waals surface area contributed by atoms with Crippen molar-refractivity contribution in [3.05, 3.63) is 77.6 Å². The van der Waals surface area contributed by atoms with Gasteiger partial charge < -0.3 is 5.11 Å². The summed E-state index contributed by atoms with van der Waals surface area (Å²) in [5, 5.41) is 12.7. The summed E-state index contributed by atoms with van der Waals surface area (Å²) < 4.78 is 0. The molecule has 0 aliphatic heterocycles. The zero-order chi connectivity index (χ0) is 14.7. The van der Waals surface area contributed by atoms with Gasteiger partial charge in [0.25, 0.3) is 0 Å². The summed E-state index contributed by atoms with van der Waals surface area (Å²) >= 11 is 0. The number of aliphatic hydroxyl groups excluding tert-OH is 1. The second kappa shape index (κ2) is 6.06. The first-order chi connectivity index (χ1) is 10.3. The molecule has 1 unspecified atom stereocenters. The summed E-state index contributed by atoms with van der Waals surface area (Å²) in [6.45, 7) is 2.11. The number of rotatable bonds is 4. The van der Waals surface area contributed by atoms with E-state index in [0.717, 1.165) is 29.2 Å². The van der Waals surface area contributed by atoms with E-state index in [0.29, 0.717) is 0 Å². The maximum Gasteiger partial charge on any atom is 0.0799 e. The number of nitrogens with zero attached hydrogens (tertiary/aromatic N) is 1. The van der Waals surface area contributed by atoms with Crippen molar-refractivity contribution in [3.63, 3.8) is 0 Å². The molecule has 2 nitrogen and oxygen atoms in total. The number of aliphatic hydroxyl groups is 1. The molecule has 0 saturated carbocycles. The zero-order valence-corrected chi connectivity index (χ0v) is 12.2. The van der Waals surface area contributed by atoms with Gasteiger partial charge in [0.1, 0.15) is 0 Å². The van der Waals surface area contributed by atoms with Crippen LogP contribution in [-0.2, 0) is 6.42 Å². The van der Waals surface area contributed by atoms with Crippen molar-refractivity contribution in [2.45, 2.75) is 25.9 Å². The largest absolute Gasteiger partial charge is 0.388 e. The van der Waals surface area contributed by atoms with Gasteiger partial charge in [-0.3, -0.25) is 4.98 Å². The number of aryl methyl sites for hydroxylation is 2. The number of hydrogen-bond donors (Lipinski definition) is 1. The molecule has 0 radical (unpaired) electrons. The highest BCUT2D eigenvalue weighted by molar-refractivity contribution is 5.85. The van der Waals surface area contributed by atoms with Crippen molar-refractivity contribution in [3.8, 4) is 0 Å². The Morgan fingerprint density at radius 3 is 2.76 bits per heavy atom. The minimum Gasteiger partial charge on any atom is -0.388 e. The molecule has 3 rings (SSSR count). The number of aromatic nitrogens is 1. The van der Waals surface area contributed by atoms with Crippen LogP contribution in [0.25, 0.3) is 10.8 Å². The molecule has 1 heterocycles. The molecule has 0 fully saturated rings. The van der Waals surface area contributed by atoms with Crippen LogP contribution in [0, 0.1) is 6.92 Å². The molecular formula is C19H19NO. The second-order valence-electron chi connectivity index (χ2n) is 5.43. The highest BCUT2D eigenvalue weighted by atomic mass is 16.3. The quantitative estimate of drug-likeness (QED) is 0.775. The first-order valence-electron chi connectivity index (χ1n) is 7.31. The Labute approximate surface area is 125 Å². The summed E-state index contributed by atoms with van der Waals surface area (Å²) in [6.07, 6.45) is 4.76. The predicted octanol–water partition coefficient (Wildman–Crippen LogP) is 4.21. The Morgan fingerprint density at radius 2 is 1.90 bits per heavy atom. The maximum atomic E-state index is 10.5. The molecule has 2 heteroatoms. The van der Waals surface area contributed by atoms with E-state index in [9.17, 15) is 5.11 Å². The second-order valence-corrected chi connectivity index (χ2v) is 5.43. The van der Waals surface area contributed by atoms with Crippen LogP contribution in [0.2, 0.25) is 0 Å². The lowest BCUT2D eigenvalue weighted by Gasteiger charge is -2.14. The molecule has 0 aliphatic carbocycles. The molecule has 0 spiro atoms. The van der Waals surface area contributed by atoms with Crippen molar-refractivity contribution in [2.24, 2.45) is 0 Å². The molecule has 21 heavy (non-hydrogen) atoms. The fourth-order valence-corrected chi connectivity index (χ4v) is 2.77. The van der Waals surface area contributed by atoms with E-state index in [2.05, 4.69) is 36.2 Å². The number of hydrogen-bond acceptors (Lipinski definition) is 2. The third-order valence-corrected chi connectivity index (χ3v) is 4.02. The molecule has 1 aromatic heterocycles. The van der Waals surface area contributed by atoms with Crippen LogP contribution in [0.5, 0.6) is 0 Å². The van der Waals surface area contributed by atoms with Gasteiger partial charge in [0.2, 0.25) is 0 Å². The van der Waals surface area contributed by atoms with E-state index in [1.807, 2.05) is 30.5 Å². The average molecular weight is 277 g/mol. The van der Waals surface area contributed by atoms with Crippen LogP contribution in [0.3, 0.4) is 0 Å². The molecule has 2 aromatic carbocycles. The van der Waals surface area contributed by atoms with Gasteiger partial charge in [0, 0.05) is 17.8 Å². The van der Waals surface area contributed by atoms with Crippen LogP contribution in [0.15, 0.2) is 60.9 Å². The lowest BCUT2D eigenvalue weighted by Crippen LogP contribution is -2.01. The van der Waals surface area contributed by atoms with E-state index in [4.69, 9.17) is 0 Å². The monoisotopic (exact) mass is 277 g/mol. The van der Waals surface area contributed by atoms with Crippen molar-refractivity contribution < 1.29 is 5.11 Å². The van der Waals surface area contributed by atoms with Crippen LogP contribution in [-0.4, -0.2) is 10.1 Å². The first kappa shape index (κ1) is 13.8. The molecule has 3 aromatic rings. The van der Waals surface area contributed by atoms with E-state index in [-0.39, 0.29) is 0 Å². The standard InChI is InChI=1S/C19H19NO/c1-14-5-2-3-6-15(14)9-10-19(21)17-8-4-7-16-11-12-20-13-18(16)17/h2-8,11-13,19,21H,9-10H2,1H3. The lowest BCUT2D eigenvalue weighted by atomic mass is 9.96. The summed E-state index contributed by atoms with van der Waals surface area (Å²) in [4.78, 5) is 4.18. The maximum absolute atomic E-state index is 10.5. The summed E-state index contributed by atoms with van der Waals surface area (Å²) in [7, 11) is 0. The summed E-state index contributed by atoms with van der Waals surface area (Å²) in [6, 6.07) is 16.4. The SMILES string of the molecule is Cc1ccccc1CCC(O)c1cccc2ccncc12. The van der Waals surface area contributed by atoms with Crippen molar-refractivity contribution in [2.75, 3.05) is 0 Å². The molecule has 106 valence electrons. The first-order valence-corrected chi connectivity index (χ1v) is 7.31. The van der Waals surface area contributed by atoms with Gasteiger partial charge in [-0.1, -0.05) is 42.5 Å². The van der Waals surface area contributed by atoms with Gasteiger partial charge in [-0.25, -0.2) is 0 Å². The van der Waals surface area contributed by atoms with E-state index in [1.54, 1.807) is 6.20 Å². The van der Waals surface area contributed by atoms with Crippen LogP contribution in [0.4, 0.5) is 0 Å². The molecule has 0 aliphatic rings. The molecule has 0 amide bonds. The number of pyridine rings is 1. The molecule has 1 atom stereocenters. The van der Waals surface area contributed by atoms with E-state index in [1.165, 1.54) is 11.1 Å². The van der Waals surface area contributed by atoms with Gasteiger partial charge in [-0.2, -0.15) is 0 Å². The van der Waals surface area contributed by atoms with Crippen LogP contribution < -0.4 is 0 Å². The van der Waals surface area contributed by atoms with Crippen LogP contribution >= 0.6 is 0 Å². The van der Waals surface area contributed by atoms with Gasteiger partial charge >= 0.3 is 0 Å². The average Bonchev–Trinajstić information content (AvgIpc) is 2.53. The fourth-order valence-electron chi connectivity index (χ4n) is 2.77. The van der Waals surface area contributed by atoms with Gasteiger partial charge in [0.05, 0.1) is 6.10 Å². The third-order valence-electron chi connectivity index (χ3n) is 4.02. The van der Waals surface area contributed by atoms with Crippen LogP contribution in [0.1, 0.15) is 29.2 Å². The Balaban J connectivity index is 1.81. The zero-order valence-electron chi connectivity index (χ0n) is 12.2. The summed E-state index contributed by atoms with van der Waals surface area (Å²) in [5.41, 5.74) is 3.55. The number of benzene rings is 2. The Hall–Kier alpha value is -2.19. The lowest BCUT2D eigenvalue weighted by molar-refractivity contribution is 0.169. The fraction of sp³-hybridized carbons (Fsp3) is 0.211. The van der Waals surface area contributed by atoms with E-state index < -0.39 is 6.10 Å². The Morgan fingerprint density at radius 1 is 1.05 bits per heavy atom. The minimum absolute atomic E-state index is 0.461. The topological polar surface area (TPSA) is 33.1 Å². The third kappa shape index (κ3) is 2.96. The van der Waals surface area contributed by atoms with Gasteiger partial charge in [0.15, 0.2) is 0 Å². The Bertz CT molecular complexity index is 746. The smallest absolute Gasteiger partial charge is 0.0799 e. The Kier molecular flexibility index (Phi) is 3.98. The molecule has 0 saturated heterocycles. The molecule has 0 bridgehead atoms. The molecular weight excluding hydrogens is 258 g/mol. The normalized spacial score (nSPS) is 12.5. The van der Waals surface area contributed by atoms with Gasteiger partial charge in [-0.15, -0.1) is 0 Å². The van der Waals surface area contributed by atoms with E-state index >= 15 is 0 Å². The summed E-state index contributed by atoms with van der Waals surface area (Å²) in [5.74, 6) is 0. The molecule has 1 N–H and O–H groups in total. The number of fused-ring (bicyclic) bond motifs is 1. The minimum atomic E-state index is -0.461.